The van der Waals surface area contributed by atoms with Gasteiger partial charge in [0.15, 0.2) is 0 Å². The smallest absolute Gasteiger partial charge is 0.225 e. The highest BCUT2D eigenvalue weighted by atomic mass is 79.9. The van der Waals surface area contributed by atoms with E-state index in [4.69, 9.17) is 0 Å². The van der Waals surface area contributed by atoms with Crippen LogP contribution in [-0.2, 0) is 0 Å². The maximum Gasteiger partial charge on any atom is 0.225 e. The van der Waals surface area contributed by atoms with Crippen LogP contribution < -0.4 is 10.6 Å². The highest BCUT2D eigenvalue weighted by molar-refractivity contribution is 9.10. The summed E-state index contributed by atoms with van der Waals surface area (Å²) in [6.45, 7) is 3.97. The van der Waals surface area contributed by atoms with Crippen LogP contribution in [0.4, 0.5) is 21.8 Å². The molecule has 1 heterocycles. The lowest BCUT2D eigenvalue weighted by molar-refractivity contribution is 0.248. The van der Waals surface area contributed by atoms with E-state index in [0.717, 1.165) is 5.56 Å². The molecule has 28 heavy (non-hydrogen) atoms. The average molecular weight is 445 g/mol. The second-order valence-corrected chi connectivity index (χ2v) is 7.67. The predicted molar refractivity (Wildman–Crippen MR) is 114 cm³/mol. The van der Waals surface area contributed by atoms with Crippen LogP contribution in [0.15, 0.2) is 59.1 Å². The maximum absolute atomic E-state index is 14.2. The summed E-state index contributed by atoms with van der Waals surface area (Å²) in [5.41, 5.74) is 1.92. The Morgan fingerprint density at radius 1 is 1.07 bits per heavy atom. The van der Waals surface area contributed by atoms with E-state index < -0.39 is 0 Å². The molecule has 146 valence electrons. The molecule has 3 aromatic rings. The highest BCUT2D eigenvalue weighted by Gasteiger charge is 2.15. The van der Waals surface area contributed by atoms with Crippen molar-refractivity contribution in [2.45, 2.75) is 19.9 Å². The molecular formula is C21H22BrFN4O. The van der Waals surface area contributed by atoms with Gasteiger partial charge < -0.3 is 15.7 Å². The van der Waals surface area contributed by atoms with Crippen molar-refractivity contribution in [1.29, 1.82) is 0 Å². The second-order valence-electron chi connectivity index (χ2n) is 6.75. The number of hydrogen-bond acceptors (Lipinski definition) is 5. The van der Waals surface area contributed by atoms with E-state index in [1.807, 2.05) is 44.2 Å². The Morgan fingerprint density at radius 3 is 2.46 bits per heavy atom. The fourth-order valence-corrected chi connectivity index (χ4v) is 2.98. The van der Waals surface area contributed by atoms with Crippen LogP contribution in [0.1, 0.15) is 13.8 Å². The van der Waals surface area contributed by atoms with Crippen LogP contribution >= 0.6 is 15.9 Å². The lowest BCUT2D eigenvalue weighted by Gasteiger charge is -2.20. The third kappa shape index (κ3) is 5.05. The van der Waals surface area contributed by atoms with Gasteiger partial charge in [-0.15, -0.1) is 0 Å². The van der Waals surface area contributed by atoms with Crippen LogP contribution in [0.25, 0.3) is 11.3 Å². The number of rotatable bonds is 7. The van der Waals surface area contributed by atoms with E-state index in [9.17, 15) is 9.50 Å². The van der Waals surface area contributed by atoms with E-state index in [1.54, 1.807) is 18.2 Å². The summed E-state index contributed by atoms with van der Waals surface area (Å²) in [4.78, 5) is 9.04. The van der Waals surface area contributed by atoms with Crippen LogP contribution in [0.3, 0.4) is 0 Å². The minimum atomic E-state index is -0.390. The maximum atomic E-state index is 14.2. The topological polar surface area (TPSA) is 70.1 Å². The summed E-state index contributed by atoms with van der Waals surface area (Å²) >= 11 is 3.26. The Balaban J connectivity index is 1.99. The monoisotopic (exact) mass is 444 g/mol. The van der Waals surface area contributed by atoms with Gasteiger partial charge in [-0.25, -0.2) is 9.37 Å². The molecule has 0 amide bonds. The molecule has 0 saturated carbocycles. The van der Waals surface area contributed by atoms with Gasteiger partial charge in [-0.1, -0.05) is 60.1 Å². The van der Waals surface area contributed by atoms with E-state index in [1.165, 1.54) is 6.07 Å². The van der Waals surface area contributed by atoms with Crippen molar-refractivity contribution in [3.63, 3.8) is 0 Å². The number of nitrogens with one attached hydrogen (secondary N) is 2. The Morgan fingerprint density at radius 2 is 1.82 bits per heavy atom. The first-order valence-electron chi connectivity index (χ1n) is 9.00. The first-order chi connectivity index (χ1) is 13.5. The molecule has 1 aromatic heterocycles. The SMILES string of the molecule is CC(C)[C@H](CO)Nc1nc(Nc2ccc(Br)cc2F)cc(-c2ccccc2)n1. The molecule has 0 aliphatic carbocycles. The normalized spacial score (nSPS) is 12.1. The molecule has 5 nitrogen and oxygen atoms in total. The zero-order valence-electron chi connectivity index (χ0n) is 15.7. The number of hydrogen-bond donors (Lipinski definition) is 3. The highest BCUT2D eigenvalue weighted by Crippen LogP contribution is 2.26. The van der Waals surface area contributed by atoms with E-state index >= 15 is 0 Å². The van der Waals surface area contributed by atoms with E-state index in [0.29, 0.717) is 27.6 Å². The standard InChI is InChI=1S/C21H22BrFN4O/c1-13(2)19(12-28)26-21-25-18(14-6-4-3-5-7-14)11-20(27-21)24-17-9-8-15(22)10-16(17)23/h3-11,13,19,28H,12H2,1-2H3,(H2,24,25,26,27)/t19-/m0/s1. The molecule has 0 fully saturated rings. The molecule has 1 atom stereocenters. The fraction of sp³-hybridized carbons (Fsp3) is 0.238. The first-order valence-corrected chi connectivity index (χ1v) is 9.79. The van der Waals surface area contributed by atoms with Gasteiger partial charge in [0, 0.05) is 16.1 Å². The molecule has 7 heteroatoms. The summed E-state index contributed by atoms with van der Waals surface area (Å²) in [5.74, 6) is 0.626. The van der Waals surface area contributed by atoms with Crippen molar-refractivity contribution in [3.8, 4) is 11.3 Å². The molecule has 0 bridgehead atoms. The zero-order chi connectivity index (χ0) is 20.1. The fourth-order valence-electron chi connectivity index (χ4n) is 2.65. The molecule has 2 aromatic carbocycles. The third-order valence-electron chi connectivity index (χ3n) is 4.31. The van der Waals surface area contributed by atoms with E-state index in [2.05, 4.69) is 36.5 Å². The average Bonchev–Trinajstić information content (AvgIpc) is 2.68. The Kier molecular flexibility index (Phi) is 6.59. The van der Waals surface area contributed by atoms with Gasteiger partial charge in [0.2, 0.25) is 5.95 Å². The van der Waals surface area contributed by atoms with Crippen LogP contribution in [-0.4, -0.2) is 27.7 Å². The summed E-state index contributed by atoms with van der Waals surface area (Å²) in [6.07, 6.45) is 0. The van der Waals surface area contributed by atoms with Crippen molar-refractivity contribution in [2.24, 2.45) is 5.92 Å². The zero-order valence-corrected chi connectivity index (χ0v) is 17.2. The van der Waals surface area contributed by atoms with Gasteiger partial charge in [-0.3, -0.25) is 0 Å². The summed E-state index contributed by atoms with van der Waals surface area (Å²) in [5, 5.41) is 15.8. The van der Waals surface area contributed by atoms with Gasteiger partial charge in [0.25, 0.3) is 0 Å². The molecule has 3 N–H and O–H groups in total. The molecule has 0 aliphatic heterocycles. The predicted octanol–water partition coefficient (Wildman–Crippen LogP) is 5.22. The van der Waals surface area contributed by atoms with Crippen molar-refractivity contribution in [3.05, 3.63) is 64.9 Å². The van der Waals surface area contributed by atoms with Crippen molar-refractivity contribution < 1.29 is 9.50 Å². The summed E-state index contributed by atoms with van der Waals surface area (Å²) in [6, 6.07) is 16.0. The van der Waals surface area contributed by atoms with E-state index in [-0.39, 0.29) is 24.4 Å². The van der Waals surface area contributed by atoms with Gasteiger partial charge in [-0.2, -0.15) is 4.98 Å². The Bertz CT molecular complexity index is 937. The van der Waals surface area contributed by atoms with Gasteiger partial charge in [-0.05, 0) is 24.1 Å². The number of nitrogens with zero attached hydrogens (tertiary/aromatic N) is 2. The Hall–Kier alpha value is -2.51. The van der Waals surface area contributed by atoms with Crippen molar-refractivity contribution in [1.82, 2.24) is 9.97 Å². The van der Waals surface area contributed by atoms with Gasteiger partial charge >= 0.3 is 0 Å². The largest absolute Gasteiger partial charge is 0.394 e. The third-order valence-corrected chi connectivity index (χ3v) is 4.80. The van der Waals surface area contributed by atoms with Crippen molar-refractivity contribution in [2.75, 3.05) is 17.2 Å². The molecule has 3 rings (SSSR count). The molecule has 0 unspecified atom stereocenters. The quantitative estimate of drug-likeness (QED) is 0.466. The number of aliphatic hydroxyl groups is 1. The van der Waals surface area contributed by atoms with Gasteiger partial charge in [0.1, 0.15) is 11.6 Å². The number of aromatic nitrogens is 2. The lowest BCUT2D eigenvalue weighted by atomic mass is 10.1. The number of benzene rings is 2. The number of halogens is 2. The molecule has 0 saturated heterocycles. The molecule has 0 aliphatic rings. The number of aliphatic hydroxyl groups excluding tert-OH is 1. The minimum absolute atomic E-state index is 0.0410. The van der Waals surface area contributed by atoms with Crippen LogP contribution in [0.5, 0.6) is 0 Å². The molecule has 0 spiro atoms. The molecular weight excluding hydrogens is 423 g/mol. The summed E-state index contributed by atoms with van der Waals surface area (Å²) < 4.78 is 14.9. The first kappa shape index (κ1) is 20.2. The minimum Gasteiger partial charge on any atom is -0.394 e. The van der Waals surface area contributed by atoms with Crippen LogP contribution in [0, 0.1) is 11.7 Å². The second kappa shape index (κ2) is 9.12. The lowest BCUT2D eigenvalue weighted by Crippen LogP contribution is -2.30. The molecule has 0 radical (unpaired) electrons. The van der Waals surface area contributed by atoms with Crippen LogP contribution in [0.2, 0.25) is 0 Å². The Labute approximate surface area is 172 Å². The summed E-state index contributed by atoms with van der Waals surface area (Å²) in [7, 11) is 0. The van der Waals surface area contributed by atoms with Gasteiger partial charge in [0.05, 0.1) is 24.0 Å². The van der Waals surface area contributed by atoms with Crippen molar-refractivity contribution >= 4 is 33.4 Å². The number of anilines is 3.